The zero-order chi connectivity index (χ0) is 13.9. The SMILES string of the molecule is CCCC(=O)OCCOCCNc1cccc(C)c1. The predicted octanol–water partition coefficient (Wildman–Crippen LogP) is 2.77. The molecule has 1 aromatic rings. The number of ether oxygens (including phenoxy) is 2. The molecular formula is C15H23NO3. The van der Waals surface area contributed by atoms with Crippen molar-refractivity contribution >= 4 is 11.7 Å². The van der Waals surface area contributed by atoms with Crippen molar-refractivity contribution in [3.8, 4) is 0 Å². The number of aryl methyl sites for hydroxylation is 1. The first-order chi connectivity index (χ1) is 9.22. The summed E-state index contributed by atoms with van der Waals surface area (Å²) in [6.07, 6.45) is 1.30. The minimum absolute atomic E-state index is 0.149. The largest absolute Gasteiger partial charge is 0.463 e. The van der Waals surface area contributed by atoms with Gasteiger partial charge in [-0.3, -0.25) is 4.79 Å². The molecule has 0 fully saturated rings. The second-order valence-electron chi connectivity index (χ2n) is 4.38. The summed E-state index contributed by atoms with van der Waals surface area (Å²) in [4.78, 5) is 11.1. The third kappa shape index (κ3) is 7.47. The van der Waals surface area contributed by atoms with E-state index in [4.69, 9.17) is 9.47 Å². The van der Waals surface area contributed by atoms with Gasteiger partial charge in [0.1, 0.15) is 6.61 Å². The Kier molecular flexibility index (Phi) is 7.66. The number of hydrogen-bond donors (Lipinski definition) is 1. The molecule has 0 aromatic heterocycles. The molecule has 1 N–H and O–H groups in total. The lowest BCUT2D eigenvalue weighted by atomic mass is 10.2. The van der Waals surface area contributed by atoms with Gasteiger partial charge in [-0.2, -0.15) is 0 Å². The summed E-state index contributed by atoms with van der Waals surface area (Å²) < 4.78 is 10.4. The first-order valence-electron chi connectivity index (χ1n) is 6.76. The summed E-state index contributed by atoms with van der Waals surface area (Å²) >= 11 is 0. The molecule has 19 heavy (non-hydrogen) atoms. The molecular weight excluding hydrogens is 242 g/mol. The molecule has 0 amide bonds. The van der Waals surface area contributed by atoms with Crippen molar-refractivity contribution < 1.29 is 14.3 Å². The maximum atomic E-state index is 11.1. The van der Waals surface area contributed by atoms with E-state index in [1.807, 2.05) is 19.1 Å². The molecule has 0 radical (unpaired) electrons. The molecule has 0 unspecified atom stereocenters. The Balaban J connectivity index is 1.98. The normalized spacial score (nSPS) is 10.2. The Morgan fingerprint density at radius 1 is 1.26 bits per heavy atom. The van der Waals surface area contributed by atoms with Gasteiger partial charge in [0.2, 0.25) is 0 Å². The average molecular weight is 265 g/mol. The van der Waals surface area contributed by atoms with Gasteiger partial charge in [0.05, 0.1) is 13.2 Å². The van der Waals surface area contributed by atoms with Crippen molar-refractivity contribution in [2.45, 2.75) is 26.7 Å². The summed E-state index contributed by atoms with van der Waals surface area (Å²) in [7, 11) is 0. The zero-order valence-corrected chi connectivity index (χ0v) is 11.8. The van der Waals surface area contributed by atoms with E-state index in [1.54, 1.807) is 0 Å². The molecule has 0 aliphatic rings. The summed E-state index contributed by atoms with van der Waals surface area (Å²) in [5, 5.41) is 3.27. The number of anilines is 1. The van der Waals surface area contributed by atoms with Gasteiger partial charge in [0.15, 0.2) is 0 Å². The van der Waals surface area contributed by atoms with Crippen LogP contribution < -0.4 is 5.32 Å². The Hall–Kier alpha value is -1.55. The first-order valence-corrected chi connectivity index (χ1v) is 6.76. The predicted molar refractivity (Wildman–Crippen MR) is 76.4 cm³/mol. The topological polar surface area (TPSA) is 47.6 Å². The fourth-order valence-corrected chi connectivity index (χ4v) is 1.62. The van der Waals surface area contributed by atoms with E-state index in [-0.39, 0.29) is 5.97 Å². The van der Waals surface area contributed by atoms with Crippen molar-refractivity contribution in [2.75, 3.05) is 31.7 Å². The van der Waals surface area contributed by atoms with Gasteiger partial charge >= 0.3 is 5.97 Å². The number of hydrogen-bond acceptors (Lipinski definition) is 4. The van der Waals surface area contributed by atoms with E-state index in [0.29, 0.717) is 26.2 Å². The Labute approximate surface area is 115 Å². The van der Waals surface area contributed by atoms with E-state index < -0.39 is 0 Å². The van der Waals surface area contributed by atoms with E-state index in [0.717, 1.165) is 18.7 Å². The van der Waals surface area contributed by atoms with Crippen LogP contribution >= 0.6 is 0 Å². The van der Waals surface area contributed by atoms with Crippen LogP contribution in [0.5, 0.6) is 0 Å². The van der Waals surface area contributed by atoms with E-state index in [2.05, 4.69) is 24.4 Å². The van der Waals surface area contributed by atoms with Crippen LogP contribution in [-0.2, 0) is 14.3 Å². The molecule has 4 nitrogen and oxygen atoms in total. The summed E-state index contributed by atoms with van der Waals surface area (Å²) in [6, 6.07) is 8.20. The van der Waals surface area contributed by atoms with Gasteiger partial charge in [-0.1, -0.05) is 19.1 Å². The molecule has 0 spiro atoms. The van der Waals surface area contributed by atoms with Crippen LogP contribution in [0.2, 0.25) is 0 Å². The van der Waals surface area contributed by atoms with Gasteiger partial charge < -0.3 is 14.8 Å². The number of carbonyl (C=O) groups is 1. The van der Waals surface area contributed by atoms with Gasteiger partial charge in [0, 0.05) is 18.7 Å². The molecule has 4 heteroatoms. The third-order valence-electron chi connectivity index (χ3n) is 2.54. The second-order valence-corrected chi connectivity index (χ2v) is 4.38. The fourth-order valence-electron chi connectivity index (χ4n) is 1.62. The lowest BCUT2D eigenvalue weighted by Crippen LogP contribution is -2.14. The fraction of sp³-hybridized carbons (Fsp3) is 0.533. The van der Waals surface area contributed by atoms with Crippen LogP contribution in [0.4, 0.5) is 5.69 Å². The van der Waals surface area contributed by atoms with Crippen molar-refractivity contribution in [1.82, 2.24) is 0 Å². The molecule has 106 valence electrons. The van der Waals surface area contributed by atoms with Crippen LogP contribution in [0.3, 0.4) is 0 Å². The summed E-state index contributed by atoms with van der Waals surface area (Å²) in [5.41, 5.74) is 2.33. The highest BCUT2D eigenvalue weighted by Gasteiger charge is 1.99. The van der Waals surface area contributed by atoms with Crippen LogP contribution in [0.15, 0.2) is 24.3 Å². The molecule has 0 saturated carbocycles. The molecule has 0 atom stereocenters. The van der Waals surface area contributed by atoms with E-state index in [1.165, 1.54) is 5.56 Å². The van der Waals surface area contributed by atoms with Crippen LogP contribution in [0, 0.1) is 6.92 Å². The molecule has 0 saturated heterocycles. The third-order valence-corrected chi connectivity index (χ3v) is 2.54. The number of rotatable bonds is 9. The summed E-state index contributed by atoms with van der Waals surface area (Å²) in [5.74, 6) is -0.149. The van der Waals surface area contributed by atoms with Crippen LogP contribution in [0.1, 0.15) is 25.3 Å². The number of nitrogens with one attached hydrogen (secondary N) is 1. The van der Waals surface area contributed by atoms with Crippen molar-refractivity contribution in [2.24, 2.45) is 0 Å². The Morgan fingerprint density at radius 3 is 2.84 bits per heavy atom. The number of benzene rings is 1. The van der Waals surface area contributed by atoms with Crippen molar-refractivity contribution in [3.05, 3.63) is 29.8 Å². The average Bonchev–Trinajstić information content (AvgIpc) is 2.38. The molecule has 0 aliphatic heterocycles. The van der Waals surface area contributed by atoms with Crippen LogP contribution in [0.25, 0.3) is 0 Å². The van der Waals surface area contributed by atoms with E-state index in [9.17, 15) is 4.79 Å². The van der Waals surface area contributed by atoms with Gasteiger partial charge in [0.25, 0.3) is 0 Å². The molecule has 1 aromatic carbocycles. The quantitative estimate of drug-likeness (QED) is 0.551. The zero-order valence-electron chi connectivity index (χ0n) is 11.8. The number of carbonyl (C=O) groups excluding carboxylic acids is 1. The van der Waals surface area contributed by atoms with Gasteiger partial charge in [-0.15, -0.1) is 0 Å². The summed E-state index contributed by atoms with van der Waals surface area (Å²) in [6.45, 7) is 6.14. The Morgan fingerprint density at radius 2 is 2.11 bits per heavy atom. The highest BCUT2D eigenvalue weighted by atomic mass is 16.6. The second kappa shape index (κ2) is 9.39. The van der Waals surface area contributed by atoms with Crippen LogP contribution in [-0.4, -0.2) is 32.3 Å². The lowest BCUT2D eigenvalue weighted by Gasteiger charge is -2.08. The molecule has 1 rings (SSSR count). The van der Waals surface area contributed by atoms with E-state index >= 15 is 0 Å². The van der Waals surface area contributed by atoms with Crippen molar-refractivity contribution in [1.29, 1.82) is 0 Å². The minimum atomic E-state index is -0.149. The van der Waals surface area contributed by atoms with Gasteiger partial charge in [-0.05, 0) is 31.0 Å². The van der Waals surface area contributed by atoms with Crippen molar-refractivity contribution in [3.63, 3.8) is 0 Å². The maximum Gasteiger partial charge on any atom is 0.305 e. The highest BCUT2D eigenvalue weighted by molar-refractivity contribution is 5.69. The molecule has 0 aliphatic carbocycles. The monoisotopic (exact) mass is 265 g/mol. The smallest absolute Gasteiger partial charge is 0.305 e. The highest BCUT2D eigenvalue weighted by Crippen LogP contribution is 2.08. The standard InChI is InChI=1S/C15H23NO3/c1-3-5-15(17)19-11-10-18-9-8-16-14-7-4-6-13(2)12-14/h4,6-7,12,16H,3,5,8-11H2,1-2H3. The van der Waals surface area contributed by atoms with Gasteiger partial charge in [-0.25, -0.2) is 0 Å². The minimum Gasteiger partial charge on any atom is -0.463 e. The number of esters is 1. The molecule has 0 heterocycles. The molecule has 0 bridgehead atoms. The lowest BCUT2D eigenvalue weighted by molar-refractivity contribution is -0.145. The first kappa shape index (κ1) is 15.5. The maximum absolute atomic E-state index is 11.1. The Bertz CT molecular complexity index is 379.